The predicted octanol–water partition coefficient (Wildman–Crippen LogP) is 3.93. The number of aromatic nitrogens is 3. The molecule has 5 nitrogen and oxygen atoms in total. The van der Waals surface area contributed by atoms with Crippen LogP contribution in [0.3, 0.4) is 0 Å². The molecule has 0 spiro atoms. The lowest BCUT2D eigenvalue weighted by Crippen LogP contribution is -2.30. The number of carbonyl (C=O) groups excluding carboxylic acids is 1. The summed E-state index contributed by atoms with van der Waals surface area (Å²) >= 11 is 7.31. The zero-order chi connectivity index (χ0) is 18.5. The summed E-state index contributed by atoms with van der Waals surface area (Å²) in [6.45, 7) is 2.38. The third kappa shape index (κ3) is 4.45. The van der Waals surface area contributed by atoms with E-state index in [-0.39, 0.29) is 11.2 Å². The average Bonchev–Trinajstić information content (AvgIpc) is 3.01. The predicted molar refractivity (Wildman–Crippen MR) is 105 cm³/mol. The first-order valence-corrected chi connectivity index (χ1v) is 9.44. The molecule has 0 aliphatic rings. The Morgan fingerprint density at radius 3 is 2.54 bits per heavy atom. The minimum Gasteiger partial charge on any atom is -0.351 e. The average molecular weight is 387 g/mol. The molecular weight excluding hydrogens is 368 g/mol. The number of halogens is 1. The Morgan fingerprint density at radius 1 is 1.15 bits per heavy atom. The Hall–Kier alpha value is -2.31. The second-order valence-electron chi connectivity index (χ2n) is 5.84. The van der Waals surface area contributed by atoms with Crippen LogP contribution < -0.4 is 5.32 Å². The molecule has 2 aromatic carbocycles. The highest BCUT2D eigenvalue weighted by molar-refractivity contribution is 8.00. The van der Waals surface area contributed by atoms with Gasteiger partial charge in [-0.1, -0.05) is 53.7 Å². The van der Waals surface area contributed by atoms with Gasteiger partial charge >= 0.3 is 0 Å². The standard InChI is InChI=1S/C19H19ClN4OS/c1-13(18(25)21-12-14-6-4-3-5-7-14)26-19-23-22-17(24(19)2)15-8-10-16(20)11-9-15/h3-11,13H,12H2,1-2H3,(H,21,25)/t13-/m0/s1. The number of hydrogen-bond donors (Lipinski definition) is 1. The Bertz CT molecular complexity index is 880. The van der Waals surface area contributed by atoms with Gasteiger partial charge in [-0.2, -0.15) is 0 Å². The number of amides is 1. The molecule has 1 atom stereocenters. The molecule has 3 aromatic rings. The van der Waals surface area contributed by atoms with E-state index in [2.05, 4.69) is 15.5 Å². The molecule has 0 saturated carbocycles. The third-order valence-electron chi connectivity index (χ3n) is 3.90. The highest BCUT2D eigenvalue weighted by atomic mass is 35.5. The first-order chi connectivity index (χ1) is 12.5. The van der Waals surface area contributed by atoms with E-state index in [4.69, 9.17) is 11.6 Å². The van der Waals surface area contributed by atoms with Crippen molar-refractivity contribution in [1.82, 2.24) is 20.1 Å². The summed E-state index contributed by atoms with van der Waals surface area (Å²) in [6, 6.07) is 17.3. The van der Waals surface area contributed by atoms with Crippen molar-refractivity contribution in [3.63, 3.8) is 0 Å². The van der Waals surface area contributed by atoms with E-state index in [1.54, 1.807) is 0 Å². The molecule has 0 aliphatic heterocycles. The Labute approximate surface area is 161 Å². The molecule has 0 fully saturated rings. The van der Waals surface area contributed by atoms with E-state index in [1.165, 1.54) is 11.8 Å². The summed E-state index contributed by atoms with van der Waals surface area (Å²) in [5.74, 6) is 0.705. The number of benzene rings is 2. The summed E-state index contributed by atoms with van der Waals surface area (Å²) in [5, 5.41) is 12.5. The van der Waals surface area contributed by atoms with E-state index < -0.39 is 0 Å². The zero-order valence-electron chi connectivity index (χ0n) is 14.5. The number of thioether (sulfide) groups is 1. The van der Waals surface area contributed by atoms with Gasteiger partial charge in [0.1, 0.15) is 0 Å². The third-order valence-corrected chi connectivity index (χ3v) is 5.28. The van der Waals surface area contributed by atoms with Crippen molar-refractivity contribution in [2.75, 3.05) is 0 Å². The normalized spacial score (nSPS) is 12.0. The van der Waals surface area contributed by atoms with Crippen molar-refractivity contribution in [2.24, 2.45) is 7.05 Å². The largest absolute Gasteiger partial charge is 0.351 e. The van der Waals surface area contributed by atoms with Gasteiger partial charge in [0.2, 0.25) is 5.91 Å². The quantitative estimate of drug-likeness (QED) is 0.652. The molecular formula is C19H19ClN4OS. The molecule has 26 heavy (non-hydrogen) atoms. The summed E-state index contributed by atoms with van der Waals surface area (Å²) in [6.07, 6.45) is 0. The fraction of sp³-hybridized carbons (Fsp3) is 0.211. The van der Waals surface area contributed by atoms with E-state index in [0.29, 0.717) is 16.7 Å². The second kappa shape index (κ2) is 8.38. The van der Waals surface area contributed by atoms with Crippen molar-refractivity contribution in [3.8, 4) is 11.4 Å². The van der Waals surface area contributed by atoms with Crippen LogP contribution in [-0.2, 0) is 18.4 Å². The van der Waals surface area contributed by atoms with Crippen LogP contribution in [0.1, 0.15) is 12.5 Å². The van der Waals surface area contributed by atoms with Crippen molar-refractivity contribution >= 4 is 29.3 Å². The SMILES string of the molecule is C[C@H](Sc1nnc(-c2ccc(Cl)cc2)n1C)C(=O)NCc1ccccc1. The van der Waals surface area contributed by atoms with Gasteiger partial charge in [0.15, 0.2) is 11.0 Å². The van der Waals surface area contributed by atoms with Gasteiger partial charge in [0.25, 0.3) is 0 Å². The van der Waals surface area contributed by atoms with Crippen LogP contribution in [0.4, 0.5) is 0 Å². The maximum Gasteiger partial charge on any atom is 0.233 e. The van der Waals surface area contributed by atoms with Crippen molar-refractivity contribution in [2.45, 2.75) is 23.9 Å². The van der Waals surface area contributed by atoms with Crippen molar-refractivity contribution in [3.05, 3.63) is 65.2 Å². The van der Waals surface area contributed by atoms with E-state index in [1.807, 2.05) is 73.1 Å². The molecule has 1 aromatic heterocycles. The summed E-state index contributed by atoms with van der Waals surface area (Å²) in [7, 11) is 1.89. The highest BCUT2D eigenvalue weighted by Gasteiger charge is 2.19. The van der Waals surface area contributed by atoms with Crippen LogP contribution >= 0.6 is 23.4 Å². The van der Waals surface area contributed by atoms with Gasteiger partial charge in [-0.25, -0.2) is 0 Å². The number of hydrogen-bond acceptors (Lipinski definition) is 4. The van der Waals surface area contributed by atoms with Crippen LogP contribution in [0.15, 0.2) is 59.8 Å². The molecule has 1 heterocycles. The van der Waals surface area contributed by atoms with Crippen LogP contribution in [0.25, 0.3) is 11.4 Å². The fourth-order valence-corrected chi connectivity index (χ4v) is 3.37. The number of nitrogens with zero attached hydrogens (tertiary/aromatic N) is 3. The van der Waals surface area contributed by atoms with Crippen LogP contribution in [0.5, 0.6) is 0 Å². The lowest BCUT2D eigenvalue weighted by molar-refractivity contribution is -0.120. The maximum atomic E-state index is 12.3. The molecule has 0 radical (unpaired) electrons. The van der Waals surface area contributed by atoms with Gasteiger partial charge in [-0.05, 0) is 36.8 Å². The molecule has 134 valence electrons. The van der Waals surface area contributed by atoms with Crippen LogP contribution in [0.2, 0.25) is 5.02 Å². The lowest BCUT2D eigenvalue weighted by atomic mass is 10.2. The molecule has 0 unspecified atom stereocenters. The van der Waals surface area contributed by atoms with Gasteiger partial charge in [-0.3, -0.25) is 4.79 Å². The van der Waals surface area contributed by atoms with Gasteiger partial charge in [0.05, 0.1) is 5.25 Å². The molecule has 7 heteroatoms. The monoisotopic (exact) mass is 386 g/mol. The van der Waals surface area contributed by atoms with Gasteiger partial charge < -0.3 is 9.88 Å². The van der Waals surface area contributed by atoms with Gasteiger partial charge in [0, 0.05) is 24.2 Å². The number of nitrogens with one attached hydrogen (secondary N) is 1. The van der Waals surface area contributed by atoms with Crippen molar-refractivity contribution in [1.29, 1.82) is 0 Å². The van der Waals surface area contributed by atoms with Crippen LogP contribution in [-0.4, -0.2) is 25.9 Å². The Morgan fingerprint density at radius 2 is 1.85 bits per heavy atom. The van der Waals surface area contributed by atoms with Gasteiger partial charge in [-0.15, -0.1) is 10.2 Å². The molecule has 0 bridgehead atoms. The second-order valence-corrected chi connectivity index (χ2v) is 7.58. The van der Waals surface area contributed by atoms with E-state index in [9.17, 15) is 4.79 Å². The lowest BCUT2D eigenvalue weighted by Gasteiger charge is -2.11. The molecule has 0 aliphatic carbocycles. The topological polar surface area (TPSA) is 59.8 Å². The first kappa shape index (κ1) is 18.5. The Balaban J connectivity index is 1.63. The molecule has 1 amide bonds. The molecule has 1 N–H and O–H groups in total. The number of carbonyl (C=O) groups is 1. The number of rotatable bonds is 6. The summed E-state index contributed by atoms with van der Waals surface area (Å²) in [4.78, 5) is 12.3. The fourth-order valence-electron chi connectivity index (χ4n) is 2.41. The summed E-state index contributed by atoms with van der Waals surface area (Å²) < 4.78 is 1.88. The molecule has 3 rings (SSSR count). The maximum absolute atomic E-state index is 12.3. The van der Waals surface area contributed by atoms with Crippen LogP contribution in [0, 0.1) is 0 Å². The highest BCUT2D eigenvalue weighted by Crippen LogP contribution is 2.26. The van der Waals surface area contributed by atoms with E-state index in [0.717, 1.165) is 17.0 Å². The minimum atomic E-state index is -0.278. The minimum absolute atomic E-state index is 0.0325. The smallest absolute Gasteiger partial charge is 0.233 e. The zero-order valence-corrected chi connectivity index (χ0v) is 16.1. The van der Waals surface area contributed by atoms with E-state index >= 15 is 0 Å². The summed E-state index contributed by atoms with van der Waals surface area (Å²) in [5.41, 5.74) is 2.00. The first-order valence-electron chi connectivity index (χ1n) is 8.18. The van der Waals surface area contributed by atoms with Crippen molar-refractivity contribution < 1.29 is 4.79 Å². The Kier molecular flexibility index (Phi) is 5.96. The molecule has 0 saturated heterocycles.